The average molecular weight is 257 g/mol. The molecule has 0 amide bonds. The molecule has 1 aromatic carbocycles. The van der Waals surface area contributed by atoms with Crippen molar-refractivity contribution in [1.82, 2.24) is 19.7 Å². The zero-order chi connectivity index (χ0) is 13.4. The van der Waals surface area contributed by atoms with E-state index in [0.29, 0.717) is 17.5 Å². The lowest BCUT2D eigenvalue weighted by Gasteiger charge is -2.05. The number of anilines is 1. The van der Waals surface area contributed by atoms with E-state index in [1.165, 1.54) is 4.57 Å². The Balaban J connectivity index is 2.09. The summed E-state index contributed by atoms with van der Waals surface area (Å²) in [4.78, 5) is 20.0. The smallest absolute Gasteiger partial charge is 0.383 e. The van der Waals surface area contributed by atoms with Crippen LogP contribution >= 0.6 is 0 Å². The van der Waals surface area contributed by atoms with Gasteiger partial charge in [0.05, 0.1) is 12.1 Å². The quantitative estimate of drug-likeness (QED) is 0.726. The van der Waals surface area contributed by atoms with Gasteiger partial charge in [-0.2, -0.15) is 0 Å². The first-order valence-electron chi connectivity index (χ1n) is 5.69. The van der Waals surface area contributed by atoms with Gasteiger partial charge in [0, 0.05) is 5.39 Å². The Labute approximate surface area is 107 Å². The first kappa shape index (κ1) is 11.4. The molecule has 0 aliphatic heterocycles. The molecule has 0 bridgehead atoms. The van der Waals surface area contributed by atoms with Gasteiger partial charge in [-0.25, -0.2) is 14.8 Å². The minimum atomic E-state index is -0.534. The third kappa shape index (κ3) is 1.95. The zero-order valence-corrected chi connectivity index (χ0v) is 10.2. The SMILES string of the molecule is Cc1noc(=O)n1Cc1nc(N)c2ccccc2n1. The molecule has 19 heavy (non-hydrogen) atoms. The van der Waals surface area contributed by atoms with E-state index in [0.717, 1.165) is 10.9 Å². The van der Waals surface area contributed by atoms with Crippen LogP contribution in [-0.4, -0.2) is 19.7 Å². The lowest BCUT2D eigenvalue weighted by molar-refractivity contribution is 0.375. The van der Waals surface area contributed by atoms with Gasteiger partial charge in [-0.3, -0.25) is 9.09 Å². The van der Waals surface area contributed by atoms with E-state index < -0.39 is 5.76 Å². The van der Waals surface area contributed by atoms with Crippen molar-refractivity contribution in [3.05, 3.63) is 46.5 Å². The first-order valence-corrected chi connectivity index (χ1v) is 5.69. The van der Waals surface area contributed by atoms with Crippen molar-refractivity contribution in [2.24, 2.45) is 0 Å². The number of hydrogen-bond acceptors (Lipinski definition) is 6. The van der Waals surface area contributed by atoms with Crippen LogP contribution in [0.1, 0.15) is 11.6 Å². The first-order chi connectivity index (χ1) is 9.15. The van der Waals surface area contributed by atoms with E-state index in [1.54, 1.807) is 6.92 Å². The second kappa shape index (κ2) is 4.20. The largest absolute Gasteiger partial charge is 0.442 e. The molecule has 2 aromatic heterocycles. The predicted octanol–water partition coefficient (Wildman–Crippen LogP) is 0.718. The molecule has 0 aliphatic rings. The van der Waals surface area contributed by atoms with Gasteiger partial charge in [-0.05, 0) is 19.1 Å². The maximum atomic E-state index is 11.4. The molecule has 2 heterocycles. The Morgan fingerprint density at radius 2 is 2.11 bits per heavy atom. The summed E-state index contributed by atoms with van der Waals surface area (Å²) in [5.41, 5.74) is 6.63. The predicted molar refractivity (Wildman–Crippen MR) is 68.6 cm³/mol. The summed E-state index contributed by atoms with van der Waals surface area (Å²) in [6.07, 6.45) is 0. The highest BCUT2D eigenvalue weighted by atomic mass is 16.5. The van der Waals surface area contributed by atoms with Crippen LogP contribution in [0, 0.1) is 6.92 Å². The molecule has 96 valence electrons. The van der Waals surface area contributed by atoms with Gasteiger partial charge < -0.3 is 5.73 Å². The number of para-hydroxylation sites is 1. The molecule has 7 nitrogen and oxygen atoms in total. The average Bonchev–Trinajstić information content (AvgIpc) is 2.71. The van der Waals surface area contributed by atoms with Gasteiger partial charge in [0.1, 0.15) is 5.82 Å². The fraction of sp³-hybridized carbons (Fsp3) is 0.167. The third-order valence-electron chi connectivity index (χ3n) is 2.85. The van der Waals surface area contributed by atoms with Gasteiger partial charge in [-0.1, -0.05) is 17.3 Å². The van der Waals surface area contributed by atoms with Crippen molar-refractivity contribution in [3.63, 3.8) is 0 Å². The highest BCUT2D eigenvalue weighted by molar-refractivity contribution is 5.87. The van der Waals surface area contributed by atoms with E-state index in [2.05, 4.69) is 19.6 Å². The molecule has 0 radical (unpaired) electrons. The molecule has 0 aliphatic carbocycles. The standard InChI is InChI=1S/C12H11N5O2/c1-7-16-19-12(18)17(7)6-10-14-9-5-3-2-4-8(9)11(13)15-10/h2-5H,6H2,1H3,(H2,13,14,15). The van der Waals surface area contributed by atoms with Crippen LogP contribution in [0.4, 0.5) is 5.82 Å². The van der Waals surface area contributed by atoms with Gasteiger partial charge in [0.15, 0.2) is 11.6 Å². The Kier molecular flexibility index (Phi) is 2.52. The molecule has 0 unspecified atom stereocenters. The number of aryl methyl sites for hydroxylation is 1. The van der Waals surface area contributed by atoms with Crippen LogP contribution in [0.15, 0.2) is 33.6 Å². The normalized spacial score (nSPS) is 11.0. The van der Waals surface area contributed by atoms with Crippen molar-refractivity contribution in [1.29, 1.82) is 0 Å². The molecule has 3 rings (SSSR count). The Morgan fingerprint density at radius 1 is 1.32 bits per heavy atom. The Hall–Kier alpha value is -2.70. The molecule has 0 spiro atoms. The summed E-state index contributed by atoms with van der Waals surface area (Å²) < 4.78 is 5.91. The van der Waals surface area contributed by atoms with E-state index in [-0.39, 0.29) is 6.54 Å². The molecule has 7 heteroatoms. The number of nitrogens with zero attached hydrogens (tertiary/aromatic N) is 4. The van der Waals surface area contributed by atoms with Crippen LogP contribution in [0.2, 0.25) is 0 Å². The monoisotopic (exact) mass is 257 g/mol. The van der Waals surface area contributed by atoms with Gasteiger partial charge in [0.25, 0.3) is 0 Å². The van der Waals surface area contributed by atoms with E-state index in [4.69, 9.17) is 5.73 Å². The van der Waals surface area contributed by atoms with Crippen molar-refractivity contribution in [2.75, 3.05) is 5.73 Å². The van der Waals surface area contributed by atoms with Crippen LogP contribution in [0.25, 0.3) is 10.9 Å². The molecule has 0 fully saturated rings. The maximum Gasteiger partial charge on any atom is 0.442 e. The van der Waals surface area contributed by atoms with Gasteiger partial charge >= 0.3 is 5.76 Å². The molecule has 2 N–H and O–H groups in total. The number of nitrogens with two attached hydrogens (primary N) is 1. The van der Waals surface area contributed by atoms with E-state index in [1.807, 2.05) is 24.3 Å². The Morgan fingerprint density at radius 3 is 2.84 bits per heavy atom. The van der Waals surface area contributed by atoms with E-state index in [9.17, 15) is 4.79 Å². The second-order valence-corrected chi connectivity index (χ2v) is 4.12. The Bertz CT molecular complexity index is 805. The molecule has 0 saturated heterocycles. The zero-order valence-electron chi connectivity index (χ0n) is 10.2. The van der Waals surface area contributed by atoms with Crippen molar-refractivity contribution in [3.8, 4) is 0 Å². The van der Waals surface area contributed by atoms with Crippen LogP contribution < -0.4 is 11.5 Å². The fourth-order valence-electron chi connectivity index (χ4n) is 1.88. The summed E-state index contributed by atoms with van der Waals surface area (Å²) in [5, 5.41) is 4.38. The summed E-state index contributed by atoms with van der Waals surface area (Å²) in [5.74, 6) is 0.778. The minimum Gasteiger partial charge on any atom is -0.383 e. The molecule has 3 aromatic rings. The topological polar surface area (TPSA) is 99.8 Å². The summed E-state index contributed by atoms with van der Waals surface area (Å²) in [6, 6.07) is 7.44. The lowest BCUT2D eigenvalue weighted by atomic mass is 10.2. The number of hydrogen-bond donors (Lipinski definition) is 1. The lowest BCUT2D eigenvalue weighted by Crippen LogP contribution is -2.18. The number of benzene rings is 1. The van der Waals surface area contributed by atoms with Gasteiger partial charge in [0.2, 0.25) is 0 Å². The second-order valence-electron chi connectivity index (χ2n) is 4.12. The maximum absolute atomic E-state index is 11.4. The number of aromatic nitrogens is 4. The van der Waals surface area contributed by atoms with Crippen LogP contribution in [0.3, 0.4) is 0 Å². The van der Waals surface area contributed by atoms with Crippen LogP contribution in [0.5, 0.6) is 0 Å². The number of fused-ring (bicyclic) bond motifs is 1. The van der Waals surface area contributed by atoms with Crippen molar-refractivity contribution < 1.29 is 4.52 Å². The summed E-state index contributed by atoms with van der Waals surface area (Å²) >= 11 is 0. The van der Waals surface area contributed by atoms with Crippen molar-refractivity contribution in [2.45, 2.75) is 13.5 Å². The fourth-order valence-corrected chi connectivity index (χ4v) is 1.88. The van der Waals surface area contributed by atoms with E-state index >= 15 is 0 Å². The molecule has 0 saturated carbocycles. The minimum absolute atomic E-state index is 0.184. The van der Waals surface area contributed by atoms with Gasteiger partial charge in [-0.15, -0.1) is 0 Å². The summed E-state index contributed by atoms with van der Waals surface area (Å²) in [7, 11) is 0. The van der Waals surface area contributed by atoms with Crippen molar-refractivity contribution >= 4 is 16.7 Å². The van der Waals surface area contributed by atoms with Crippen LogP contribution in [-0.2, 0) is 6.54 Å². The molecular weight excluding hydrogens is 246 g/mol. The molecule has 0 atom stereocenters. The number of nitrogen functional groups attached to an aromatic ring is 1. The number of rotatable bonds is 2. The highest BCUT2D eigenvalue weighted by Crippen LogP contribution is 2.17. The molecular formula is C12H11N5O2. The summed E-state index contributed by atoms with van der Waals surface area (Å²) in [6.45, 7) is 1.86. The third-order valence-corrected chi connectivity index (χ3v) is 2.85. The highest BCUT2D eigenvalue weighted by Gasteiger charge is 2.10.